The second kappa shape index (κ2) is 10.6. The SMILES string of the molecule is COc1ccc(/C=N\NC(=S)N[C@H]2C[C@H](C)CC(C)(C)C2)cc1OCc1ccccc1. The molecule has 6 heteroatoms. The minimum absolute atomic E-state index is 0.341. The lowest BCUT2D eigenvalue weighted by Gasteiger charge is -2.39. The fourth-order valence-corrected chi connectivity index (χ4v) is 4.68. The van der Waals surface area contributed by atoms with Gasteiger partial charge in [-0.3, -0.25) is 5.43 Å². The maximum Gasteiger partial charge on any atom is 0.187 e. The average Bonchev–Trinajstić information content (AvgIpc) is 2.71. The Morgan fingerprint density at radius 2 is 1.94 bits per heavy atom. The minimum atomic E-state index is 0.341. The van der Waals surface area contributed by atoms with Crippen molar-refractivity contribution in [3.8, 4) is 11.5 Å². The normalized spacial score (nSPS) is 20.3. The number of nitrogens with zero attached hydrogens (tertiary/aromatic N) is 1. The van der Waals surface area contributed by atoms with Gasteiger partial charge in [0.2, 0.25) is 0 Å². The van der Waals surface area contributed by atoms with Crippen LogP contribution in [-0.4, -0.2) is 24.5 Å². The standard InChI is InChI=1S/C25H33N3O2S/c1-18-12-21(15-25(2,3)14-18)27-24(31)28-26-16-20-10-11-22(29-4)23(13-20)30-17-19-8-6-5-7-9-19/h5-11,13,16,18,21H,12,14-15,17H2,1-4H3,(H2,27,28,31)/b26-16-/t18-,21-/m0/s1. The summed E-state index contributed by atoms with van der Waals surface area (Å²) in [6.45, 7) is 7.44. The Balaban J connectivity index is 1.55. The molecular formula is C25H33N3O2S. The van der Waals surface area contributed by atoms with Crippen molar-refractivity contribution in [3.63, 3.8) is 0 Å². The lowest BCUT2D eigenvalue weighted by Crippen LogP contribution is -2.45. The molecule has 0 unspecified atom stereocenters. The van der Waals surface area contributed by atoms with Crippen LogP contribution in [-0.2, 0) is 6.61 Å². The smallest absolute Gasteiger partial charge is 0.187 e. The molecule has 2 N–H and O–H groups in total. The van der Waals surface area contributed by atoms with Crippen molar-refractivity contribution >= 4 is 23.5 Å². The summed E-state index contributed by atoms with van der Waals surface area (Å²) < 4.78 is 11.4. The van der Waals surface area contributed by atoms with Crippen LogP contribution in [0.5, 0.6) is 11.5 Å². The summed E-state index contributed by atoms with van der Waals surface area (Å²) in [5, 5.41) is 8.28. The summed E-state index contributed by atoms with van der Waals surface area (Å²) in [5.74, 6) is 2.06. The molecule has 0 aliphatic heterocycles. The zero-order valence-corrected chi connectivity index (χ0v) is 19.7. The second-order valence-corrected chi connectivity index (χ2v) is 9.55. The third kappa shape index (κ3) is 7.24. The largest absolute Gasteiger partial charge is 0.493 e. The highest BCUT2D eigenvalue weighted by Crippen LogP contribution is 2.38. The fraction of sp³-hybridized carbons (Fsp3) is 0.440. The van der Waals surface area contributed by atoms with Crippen molar-refractivity contribution in [1.82, 2.24) is 10.7 Å². The molecule has 1 aliphatic carbocycles. The number of thiocarbonyl (C=S) groups is 1. The molecular weight excluding hydrogens is 406 g/mol. The van der Waals surface area contributed by atoms with E-state index in [0.717, 1.165) is 24.0 Å². The molecule has 2 aromatic carbocycles. The van der Waals surface area contributed by atoms with Crippen molar-refractivity contribution in [2.24, 2.45) is 16.4 Å². The van der Waals surface area contributed by atoms with E-state index in [9.17, 15) is 0 Å². The molecule has 0 aromatic heterocycles. The maximum atomic E-state index is 5.97. The number of hydrogen-bond donors (Lipinski definition) is 2. The number of rotatable bonds is 7. The first-order valence-corrected chi connectivity index (χ1v) is 11.2. The zero-order valence-electron chi connectivity index (χ0n) is 18.9. The number of methoxy groups -OCH3 is 1. The summed E-state index contributed by atoms with van der Waals surface area (Å²) >= 11 is 5.44. The van der Waals surface area contributed by atoms with Crippen molar-refractivity contribution in [3.05, 3.63) is 59.7 Å². The molecule has 2 atom stereocenters. The second-order valence-electron chi connectivity index (χ2n) is 9.14. The minimum Gasteiger partial charge on any atom is -0.493 e. The van der Waals surface area contributed by atoms with Gasteiger partial charge in [-0.1, -0.05) is 51.1 Å². The number of ether oxygens (including phenoxy) is 2. The van der Waals surface area contributed by atoms with Gasteiger partial charge in [-0.05, 0) is 72.1 Å². The Kier molecular flexibility index (Phi) is 7.91. The van der Waals surface area contributed by atoms with Gasteiger partial charge >= 0.3 is 0 Å². The van der Waals surface area contributed by atoms with Gasteiger partial charge in [0.1, 0.15) is 6.61 Å². The van der Waals surface area contributed by atoms with Crippen LogP contribution in [0.1, 0.15) is 51.2 Å². The van der Waals surface area contributed by atoms with E-state index in [-0.39, 0.29) is 0 Å². The highest BCUT2D eigenvalue weighted by molar-refractivity contribution is 7.80. The molecule has 5 nitrogen and oxygen atoms in total. The van der Waals surface area contributed by atoms with E-state index in [0.29, 0.717) is 40.6 Å². The molecule has 0 heterocycles. The molecule has 31 heavy (non-hydrogen) atoms. The molecule has 0 spiro atoms. The monoisotopic (exact) mass is 439 g/mol. The zero-order chi connectivity index (χ0) is 22.3. The van der Waals surface area contributed by atoms with Gasteiger partial charge in [-0.2, -0.15) is 5.10 Å². The Morgan fingerprint density at radius 3 is 2.65 bits per heavy atom. The summed E-state index contributed by atoms with van der Waals surface area (Å²) in [6.07, 6.45) is 5.24. The topological polar surface area (TPSA) is 54.9 Å². The first-order valence-electron chi connectivity index (χ1n) is 10.8. The summed E-state index contributed by atoms with van der Waals surface area (Å²) in [7, 11) is 1.64. The number of hydrazone groups is 1. The van der Waals surface area contributed by atoms with E-state index in [1.54, 1.807) is 13.3 Å². The number of benzene rings is 2. The van der Waals surface area contributed by atoms with Crippen LogP contribution in [0.15, 0.2) is 53.6 Å². The van der Waals surface area contributed by atoms with Crippen LogP contribution in [0.4, 0.5) is 0 Å². The van der Waals surface area contributed by atoms with Crippen LogP contribution in [0.25, 0.3) is 0 Å². The number of nitrogens with one attached hydrogen (secondary N) is 2. The van der Waals surface area contributed by atoms with Crippen molar-refractivity contribution in [1.29, 1.82) is 0 Å². The van der Waals surface area contributed by atoms with Gasteiger partial charge < -0.3 is 14.8 Å². The molecule has 0 bridgehead atoms. The molecule has 1 aliphatic rings. The van der Waals surface area contributed by atoms with Crippen LogP contribution >= 0.6 is 12.2 Å². The fourth-order valence-electron chi connectivity index (χ4n) is 4.46. The van der Waals surface area contributed by atoms with E-state index in [1.807, 2.05) is 48.5 Å². The Hall–Kier alpha value is -2.60. The van der Waals surface area contributed by atoms with E-state index < -0.39 is 0 Å². The van der Waals surface area contributed by atoms with Gasteiger partial charge in [-0.15, -0.1) is 0 Å². The molecule has 166 valence electrons. The maximum absolute atomic E-state index is 5.97. The van der Waals surface area contributed by atoms with E-state index in [1.165, 1.54) is 6.42 Å². The van der Waals surface area contributed by atoms with Crippen molar-refractivity contribution in [2.45, 2.75) is 52.7 Å². The summed E-state index contributed by atoms with van der Waals surface area (Å²) in [5.41, 5.74) is 5.28. The molecule has 3 rings (SSSR count). The molecule has 1 fully saturated rings. The first kappa shape index (κ1) is 23.1. The summed E-state index contributed by atoms with van der Waals surface area (Å²) in [4.78, 5) is 0. The van der Waals surface area contributed by atoms with Gasteiger partial charge in [0, 0.05) is 6.04 Å². The molecule has 0 saturated heterocycles. The molecule has 0 radical (unpaired) electrons. The molecule has 2 aromatic rings. The Bertz CT molecular complexity index is 899. The predicted molar refractivity (Wildman–Crippen MR) is 131 cm³/mol. The summed E-state index contributed by atoms with van der Waals surface area (Å²) in [6, 6.07) is 16.1. The Labute approximate surface area is 191 Å². The first-order chi connectivity index (χ1) is 14.8. The average molecular weight is 440 g/mol. The third-order valence-electron chi connectivity index (χ3n) is 5.53. The third-order valence-corrected chi connectivity index (χ3v) is 5.74. The lowest BCUT2D eigenvalue weighted by atomic mass is 9.71. The van der Waals surface area contributed by atoms with Gasteiger partial charge in [0.05, 0.1) is 13.3 Å². The van der Waals surface area contributed by atoms with Crippen molar-refractivity contribution < 1.29 is 9.47 Å². The van der Waals surface area contributed by atoms with Crippen LogP contribution in [0, 0.1) is 11.3 Å². The highest BCUT2D eigenvalue weighted by Gasteiger charge is 2.32. The van der Waals surface area contributed by atoms with E-state index in [4.69, 9.17) is 21.7 Å². The molecule has 1 saturated carbocycles. The van der Waals surface area contributed by atoms with Crippen molar-refractivity contribution in [2.75, 3.05) is 7.11 Å². The van der Waals surface area contributed by atoms with Crippen LogP contribution in [0.3, 0.4) is 0 Å². The quantitative estimate of drug-likeness (QED) is 0.349. The van der Waals surface area contributed by atoms with Gasteiger partial charge in [-0.25, -0.2) is 0 Å². The lowest BCUT2D eigenvalue weighted by molar-refractivity contribution is 0.161. The van der Waals surface area contributed by atoms with Crippen LogP contribution < -0.4 is 20.2 Å². The Morgan fingerprint density at radius 1 is 1.16 bits per heavy atom. The van der Waals surface area contributed by atoms with Gasteiger partial charge in [0.25, 0.3) is 0 Å². The highest BCUT2D eigenvalue weighted by atomic mass is 32.1. The van der Waals surface area contributed by atoms with E-state index >= 15 is 0 Å². The number of hydrogen-bond acceptors (Lipinski definition) is 4. The van der Waals surface area contributed by atoms with Crippen LogP contribution in [0.2, 0.25) is 0 Å². The van der Waals surface area contributed by atoms with Gasteiger partial charge in [0.15, 0.2) is 16.6 Å². The van der Waals surface area contributed by atoms with E-state index in [2.05, 4.69) is 36.6 Å². The predicted octanol–water partition coefficient (Wildman–Crippen LogP) is 5.29. The molecule has 0 amide bonds.